The number of nitrogens with two attached hydrogens (primary N) is 1. The third kappa shape index (κ3) is 2.20. The van der Waals surface area contributed by atoms with Crippen molar-refractivity contribution >= 4 is 12.8 Å². The number of rotatable bonds is 0. The van der Waals surface area contributed by atoms with Crippen LogP contribution in [-0.4, -0.2) is 23.4 Å². The maximum Gasteiger partial charge on any atom is 0.00922 e. The Bertz CT molecular complexity index is 144. The molecule has 0 aromatic heterocycles. The van der Waals surface area contributed by atoms with Gasteiger partial charge in [-0.15, -0.1) is 0 Å². The summed E-state index contributed by atoms with van der Waals surface area (Å²) in [6.45, 7) is 2.33. The van der Waals surface area contributed by atoms with Crippen molar-refractivity contribution in [3.05, 3.63) is 0 Å². The van der Waals surface area contributed by atoms with Gasteiger partial charge in [0, 0.05) is 19.1 Å². The van der Waals surface area contributed by atoms with Gasteiger partial charge in [0.1, 0.15) is 0 Å². The summed E-state index contributed by atoms with van der Waals surface area (Å²) in [6, 6.07) is 0.486. The first-order valence-electron chi connectivity index (χ1n) is 5.40. The molecule has 1 spiro atoms. The van der Waals surface area contributed by atoms with Gasteiger partial charge in [-0.2, -0.15) is 0 Å². The van der Waals surface area contributed by atoms with Crippen LogP contribution in [0.5, 0.6) is 0 Å². The van der Waals surface area contributed by atoms with Crippen LogP contribution in [0.15, 0.2) is 0 Å². The molecule has 1 aliphatic heterocycles. The fraction of sp³-hybridized carbons (Fsp3) is 1.00. The van der Waals surface area contributed by atoms with Crippen LogP contribution in [-0.2, 0) is 0 Å². The quantitative estimate of drug-likeness (QED) is 0.584. The van der Waals surface area contributed by atoms with Crippen LogP contribution in [0, 0.1) is 5.41 Å². The second-order valence-corrected chi connectivity index (χ2v) is 5.36. The van der Waals surface area contributed by atoms with E-state index in [4.69, 9.17) is 5.73 Å². The second-order valence-electron chi connectivity index (χ2n) is 4.79. The zero-order chi connectivity index (χ0) is 9.31. The first-order valence-corrected chi connectivity index (χ1v) is 5.80. The van der Waals surface area contributed by atoms with Crippen molar-refractivity contribution in [2.75, 3.05) is 13.1 Å². The smallest absolute Gasteiger partial charge is 0.00922 e. The molecule has 1 heterocycles. The Morgan fingerprint density at radius 3 is 2.15 bits per heavy atom. The number of nitrogens with zero attached hydrogens (tertiary/aromatic N) is 1. The van der Waals surface area contributed by atoms with Gasteiger partial charge in [0.15, 0.2) is 0 Å². The Labute approximate surface area is 86.4 Å². The summed E-state index contributed by atoms with van der Waals surface area (Å²) in [4.78, 5) is 0. The Balaban J connectivity index is 1.90. The van der Waals surface area contributed by atoms with Gasteiger partial charge in [-0.3, -0.25) is 4.31 Å². The van der Waals surface area contributed by atoms with Gasteiger partial charge in [0.25, 0.3) is 0 Å². The molecular formula is C10H20N2S. The number of thiol groups is 1. The molecule has 0 atom stereocenters. The number of hydrogen-bond donors (Lipinski definition) is 2. The van der Waals surface area contributed by atoms with Gasteiger partial charge in [0.05, 0.1) is 0 Å². The van der Waals surface area contributed by atoms with Crippen LogP contribution < -0.4 is 5.73 Å². The van der Waals surface area contributed by atoms with Crippen LogP contribution in [0.2, 0.25) is 0 Å². The van der Waals surface area contributed by atoms with Crippen LogP contribution >= 0.6 is 12.8 Å². The fourth-order valence-electron chi connectivity index (χ4n) is 2.72. The Kier molecular flexibility index (Phi) is 2.86. The largest absolute Gasteiger partial charge is 0.328 e. The van der Waals surface area contributed by atoms with Crippen molar-refractivity contribution in [1.82, 2.24) is 4.31 Å². The Morgan fingerprint density at radius 2 is 1.62 bits per heavy atom. The Morgan fingerprint density at radius 1 is 1.08 bits per heavy atom. The normalized spacial score (nSPS) is 30.9. The first-order chi connectivity index (χ1) is 6.20. The lowest BCUT2D eigenvalue weighted by Crippen LogP contribution is -2.40. The highest BCUT2D eigenvalue weighted by atomic mass is 32.1. The van der Waals surface area contributed by atoms with Gasteiger partial charge in [-0.05, 0) is 43.9 Å². The minimum atomic E-state index is 0.486. The maximum absolute atomic E-state index is 5.93. The monoisotopic (exact) mass is 200 g/mol. The van der Waals surface area contributed by atoms with Gasteiger partial charge in [-0.25, -0.2) is 0 Å². The zero-order valence-electron chi connectivity index (χ0n) is 8.21. The molecule has 0 aromatic carbocycles. The minimum Gasteiger partial charge on any atom is -0.328 e. The van der Waals surface area contributed by atoms with E-state index in [2.05, 4.69) is 17.1 Å². The molecule has 1 saturated heterocycles. The highest BCUT2D eigenvalue weighted by Crippen LogP contribution is 2.44. The topological polar surface area (TPSA) is 29.3 Å². The molecule has 0 aromatic rings. The lowest BCUT2D eigenvalue weighted by atomic mass is 9.67. The summed E-state index contributed by atoms with van der Waals surface area (Å²) in [7, 11) is 0. The summed E-state index contributed by atoms with van der Waals surface area (Å²) < 4.78 is 2.15. The van der Waals surface area contributed by atoms with Gasteiger partial charge >= 0.3 is 0 Å². The summed E-state index contributed by atoms with van der Waals surface area (Å²) in [6.07, 6.45) is 7.87. The first kappa shape index (κ1) is 9.81. The van der Waals surface area contributed by atoms with Crippen LogP contribution in [0.25, 0.3) is 0 Å². The number of piperidine rings is 1. The summed E-state index contributed by atoms with van der Waals surface area (Å²) in [5.41, 5.74) is 6.57. The zero-order valence-corrected chi connectivity index (χ0v) is 9.10. The molecule has 13 heavy (non-hydrogen) atoms. The standard InChI is InChI=1S/C10H20N2S/c11-9-1-3-10(4-2-9)5-7-12(13)8-6-10/h9,13H,1-8,11H2. The highest BCUT2D eigenvalue weighted by Gasteiger charge is 2.36. The maximum atomic E-state index is 5.93. The van der Waals surface area contributed by atoms with E-state index in [1.165, 1.54) is 51.6 Å². The third-order valence-corrected chi connectivity index (χ3v) is 4.29. The van der Waals surface area contributed by atoms with Crippen molar-refractivity contribution in [3.8, 4) is 0 Å². The van der Waals surface area contributed by atoms with Crippen LogP contribution in [0.4, 0.5) is 0 Å². The highest BCUT2D eigenvalue weighted by molar-refractivity contribution is 7.77. The lowest BCUT2D eigenvalue weighted by molar-refractivity contribution is 0.0996. The van der Waals surface area contributed by atoms with Crippen molar-refractivity contribution in [2.45, 2.75) is 44.6 Å². The molecular weight excluding hydrogens is 180 g/mol. The lowest BCUT2D eigenvalue weighted by Gasteiger charge is -2.44. The SMILES string of the molecule is NC1CCC2(CC1)CCN(S)CC2. The van der Waals surface area contributed by atoms with E-state index in [1.54, 1.807) is 0 Å². The molecule has 0 unspecified atom stereocenters. The fourth-order valence-corrected chi connectivity index (χ4v) is 2.92. The molecule has 0 bridgehead atoms. The average Bonchev–Trinajstić information content (AvgIpc) is 2.16. The molecule has 0 radical (unpaired) electrons. The third-order valence-electron chi connectivity index (χ3n) is 3.89. The summed E-state index contributed by atoms with van der Waals surface area (Å²) >= 11 is 4.39. The second kappa shape index (κ2) is 3.79. The molecule has 2 nitrogen and oxygen atoms in total. The molecule has 1 aliphatic carbocycles. The predicted octanol–water partition coefficient (Wildman–Crippen LogP) is 1.81. The van der Waals surface area contributed by atoms with E-state index < -0.39 is 0 Å². The van der Waals surface area contributed by atoms with Crippen molar-refractivity contribution in [3.63, 3.8) is 0 Å². The van der Waals surface area contributed by atoms with Crippen molar-refractivity contribution in [1.29, 1.82) is 0 Å². The molecule has 0 amide bonds. The predicted molar refractivity (Wildman–Crippen MR) is 58.7 cm³/mol. The van der Waals surface area contributed by atoms with E-state index in [-0.39, 0.29) is 0 Å². The van der Waals surface area contributed by atoms with Crippen molar-refractivity contribution in [2.24, 2.45) is 11.1 Å². The molecule has 2 N–H and O–H groups in total. The molecule has 3 heteroatoms. The summed E-state index contributed by atoms with van der Waals surface area (Å²) in [5, 5.41) is 0. The average molecular weight is 200 g/mol. The van der Waals surface area contributed by atoms with Crippen molar-refractivity contribution < 1.29 is 0 Å². The number of hydrogen-bond acceptors (Lipinski definition) is 3. The van der Waals surface area contributed by atoms with Crippen LogP contribution in [0.3, 0.4) is 0 Å². The molecule has 2 rings (SSSR count). The molecule has 2 fully saturated rings. The minimum absolute atomic E-state index is 0.486. The molecule has 2 aliphatic rings. The van der Waals surface area contributed by atoms with E-state index in [9.17, 15) is 0 Å². The van der Waals surface area contributed by atoms with Crippen LogP contribution in [0.1, 0.15) is 38.5 Å². The van der Waals surface area contributed by atoms with E-state index in [1.807, 2.05) is 0 Å². The van der Waals surface area contributed by atoms with E-state index in [0.29, 0.717) is 11.5 Å². The molecule has 1 saturated carbocycles. The Hall–Kier alpha value is 0.270. The van der Waals surface area contributed by atoms with Gasteiger partial charge in [-0.1, -0.05) is 12.8 Å². The molecule has 76 valence electrons. The van der Waals surface area contributed by atoms with Gasteiger partial charge in [0.2, 0.25) is 0 Å². The van der Waals surface area contributed by atoms with E-state index >= 15 is 0 Å². The van der Waals surface area contributed by atoms with Gasteiger partial charge < -0.3 is 5.73 Å². The summed E-state index contributed by atoms with van der Waals surface area (Å²) in [5.74, 6) is 0. The van der Waals surface area contributed by atoms with E-state index in [0.717, 1.165) is 0 Å².